The van der Waals surface area contributed by atoms with Crippen LogP contribution in [0.5, 0.6) is 5.88 Å². The monoisotopic (exact) mass is 468 g/mol. The SMILES string of the molecule is COCCOc1ccc2cc(Nc3nc(NC4CCCCC4N)c(F)cc3C(N)=O)ccc2n1. The second-order valence-corrected chi connectivity index (χ2v) is 8.30. The standard InChI is InChI=1S/C24H29FN6O3/c1-33-10-11-34-21-9-6-14-12-15(7-8-19(14)29-21)28-23-16(22(27)32)13-17(25)24(31-23)30-20-5-3-2-4-18(20)26/h6-9,12-13,18,20H,2-5,10-11,26H2,1H3,(H2,27,32)(H2,28,30,31). The van der Waals surface area contributed by atoms with Gasteiger partial charge in [0.15, 0.2) is 11.6 Å². The van der Waals surface area contributed by atoms with Crippen LogP contribution < -0.4 is 26.8 Å². The molecule has 3 aromatic rings. The Labute approximate surface area is 197 Å². The molecule has 6 N–H and O–H groups in total. The number of halogens is 1. The lowest BCUT2D eigenvalue weighted by atomic mass is 9.91. The quantitative estimate of drug-likeness (QED) is 0.351. The highest BCUT2D eigenvalue weighted by Gasteiger charge is 2.24. The van der Waals surface area contributed by atoms with Crippen molar-refractivity contribution in [2.45, 2.75) is 37.8 Å². The van der Waals surface area contributed by atoms with E-state index in [2.05, 4.69) is 20.6 Å². The molecule has 0 saturated heterocycles. The maximum Gasteiger partial charge on any atom is 0.252 e. The van der Waals surface area contributed by atoms with Crippen molar-refractivity contribution < 1.29 is 18.7 Å². The van der Waals surface area contributed by atoms with Gasteiger partial charge < -0.3 is 31.6 Å². The molecule has 0 aliphatic heterocycles. The van der Waals surface area contributed by atoms with Crippen molar-refractivity contribution in [3.05, 3.63) is 47.8 Å². The van der Waals surface area contributed by atoms with Crippen molar-refractivity contribution in [1.82, 2.24) is 9.97 Å². The van der Waals surface area contributed by atoms with Gasteiger partial charge in [-0.15, -0.1) is 0 Å². The molecule has 9 nitrogen and oxygen atoms in total. The number of hydrogen-bond donors (Lipinski definition) is 4. The van der Waals surface area contributed by atoms with Crippen LogP contribution in [0.3, 0.4) is 0 Å². The summed E-state index contributed by atoms with van der Waals surface area (Å²) in [7, 11) is 1.61. The fourth-order valence-corrected chi connectivity index (χ4v) is 4.02. The zero-order chi connectivity index (χ0) is 24.1. The molecule has 1 amide bonds. The number of ether oxygens (including phenoxy) is 2. The van der Waals surface area contributed by atoms with Crippen LogP contribution in [-0.4, -0.2) is 48.3 Å². The number of anilines is 3. The Morgan fingerprint density at radius 1 is 1.12 bits per heavy atom. The van der Waals surface area contributed by atoms with Gasteiger partial charge in [0.25, 0.3) is 5.91 Å². The van der Waals surface area contributed by atoms with Crippen LogP contribution in [0, 0.1) is 5.82 Å². The fourth-order valence-electron chi connectivity index (χ4n) is 4.02. The molecular weight excluding hydrogens is 439 g/mol. The van der Waals surface area contributed by atoms with E-state index in [1.165, 1.54) is 0 Å². The number of rotatable bonds is 9. The van der Waals surface area contributed by atoms with Gasteiger partial charge >= 0.3 is 0 Å². The van der Waals surface area contributed by atoms with Crippen molar-refractivity contribution in [3.63, 3.8) is 0 Å². The average molecular weight is 469 g/mol. The lowest BCUT2D eigenvalue weighted by Crippen LogP contribution is -2.43. The molecule has 0 radical (unpaired) electrons. The fraction of sp³-hybridized carbons (Fsp3) is 0.375. The first-order chi connectivity index (χ1) is 16.4. The number of primary amides is 1. The molecule has 180 valence electrons. The Hall–Kier alpha value is -3.50. The van der Waals surface area contributed by atoms with Gasteiger partial charge in [0.1, 0.15) is 12.4 Å². The highest BCUT2D eigenvalue weighted by Crippen LogP contribution is 2.28. The van der Waals surface area contributed by atoms with E-state index in [0.717, 1.165) is 42.7 Å². The third-order valence-corrected chi connectivity index (χ3v) is 5.85. The van der Waals surface area contributed by atoms with E-state index in [9.17, 15) is 9.18 Å². The van der Waals surface area contributed by atoms with Crippen LogP contribution in [0.2, 0.25) is 0 Å². The average Bonchev–Trinajstić information content (AvgIpc) is 2.82. The maximum atomic E-state index is 14.7. The molecular formula is C24H29FN6O3. The Kier molecular flexibility index (Phi) is 7.39. The molecule has 0 spiro atoms. The van der Waals surface area contributed by atoms with E-state index in [0.29, 0.717) is 24.8 Å². The van der Waals surface area contributed by atoms with E-state index in [1.54, 1.807) is 19.2 Å². The number of fused-ring (bicyclic) bond motifs is 1. The molecule has 1 aromatic carbocycles. The number of methoxy groups -OCH3 is 1. The Morgan fingerprint density at radius 2 is 1.94 bits per heavy atom. The lowest BCUT2D eigenvalue weighted by molar-refractivity contribution is 0.100. The number of carbonyl (C=O) groups is 1. The smallest absolute Gasteiger partial charge is 0.252 e. The van der Waals surface area contributed by atoms with Gasteiger partial charge in [-0.3, -0.25) is 4.79 Å². The van der Waals surface area contributed by atoms with Crippen LogP contribution in [-0.2, 0) is 4.74 Å². The van der Waals surface area contributed by atoms with E-state index >= 15 is 0 Å². The molecule has 2 aromatic heterocycles. The number of carbonyl (C=O) groups excluding carboxylic acids is 1. The second kappa shape index (κ2) is 10.6. The number of benzene rings is 1. The zero-order valence-electron chi connectivity index (χ0n) is 19.0. The number of nitrogens with one attached hydrogen (secondary N) is 2. The third kappa shape index (κ3) is 5.52. The minimum Gasteiger partial charge on any atom is -0.475 e. The van der Waals surface area contributed by atoms with Gasteiger partial charge in [-0.2, -0.15) is 0 Å². The maximum absolute atomic E-state index is 14.7. The van der Waals surface area contributed by atoms with Crippen LogP contribution in [0.4, 0.5) is 21.7 Å². The molecule has 2 atom stereocenters. The minimum absolute atomic E-state index is 0.0372. The van der Waals surface area contributed by atoms with E-state index in [4.69, 9.17) is 20.9 Å². The summed E-state index contributed by atoms with van der Waals surface area (Å²) in [5.74, 6) is -0.739. The molecule has 10 heteroatoms. The number of hydrogen-bond acceptors (Lipinski definition) is 8. The number of aromatic nitrogens is 2. The first kappa shape index (κ1) is 23.7. The van der Waals surface area contributed by atoms with Gasteiger partial charge in [-0.05, 0) is 43.2 Å². The number of pyridine rings is 2. The lowest BCUT2D eigenvalue weighted by Gasteiger charge is -2.30. The van der Waals surface area contributed by atoms with E-state index in [-0.39, 0.29) is 29.3 Å². The van der Waals surface area contributed by atoms with Crippen LogP contribution in [0.25, 0.3) is 10.9 Å². The van der Waals surface area contributed by atoms with Gasteiger partial charge in [0, 0.05) is 36.3 Å². The molecule has 4 rings (SSSR count). The highest BCUT2D eigenvalue weighted by atomic mass is 19.1. The van der Waals surface area contributed by atoms with Crippen molar-refractivity contribution in [2.75, 3.05) is 31.0 Å². The van der Waals surface area contributed by atoms with Crippen molar-refractivity contribution >= 4 is 34.1 Å². The highest BCUT2D eigenvalue weighted by molar-refractivity contribution is 5.99. The van der Waals surface area contributed by atoms with Crippen molar-refractivity contribution in [3.8, 4) is 5.88 Å². The molecule has 2 heterocycles. The van der Waals surface area contributed by atoms with Gasteiger partial charge in [0.05, 0.1) is 17.7 Å². The summed E-state index contributed by atoms with van der Waals surface area (Å²) in [4.78, 5) is 20.8. The van der Waals surface area contributed by atoms with Crippen LogP contribution in [0.15, 0.2) is 36.4 Å². The summed E-state index contributed by atoms with van der Waals surface area (Å²) < 4.78 is 25.3. The zero-order valence-corrected chi connectivity index (χ0v) is 19.0. The van der Waals surface area contributed by atoms with Gasteiger partial charge in [-0.25, -0.2) is 14.4 Å². The van der Waals surface area contributed by atoms with Gasteiger partial charge in [-0.1, -0.05) is 12.8 Å². The first-order valence-electron chi connectivity index (χ1n) is 11.3. The summed E-state index contributed by atoms with van der Waals surface area (Å²) in [6.07, 6.45) is 3.77. The predicted molar refractivity (Wildman–Crippen MR) is 129 cm³/mol. The number of nitrogens with zero attached hydrogens (tertiary/aromatic N) is 2. The van der Waals surface area contributed by atoms with E-state index < -0.39 is 11.7 Å². The third-order valence-electron chi connectivity index (χ3n) is 5.85. The summed E-state index contributed by atoms with van der Waals surface area (Å²) in [6, 6.07) is 10.0. The normalized spacial score (nSPS) is 18.0. The largest absolute Gasteiger partial charge is 0.475 e. The van der Waals surface area contributed by atoms with Crippen LogP contribution in [0.1, 0.15) is 36.0 Å². The molecule has 1 aliphatic rings. The van der Waals surface area contributed by atoms with Crippen molar-refractivity contribution in [1.29, 1.82) is 0 Å². The number of amides is 1. The molecule has 0 bridgehead atoms. The van der Waals surface area contributed by atoms with E-state index in [1.807, 2.05) is 18.2 Å². The van der Waals surface area contributed by atoms with Crippen LogP contribution >= 0.6 is 0 Å². The molecule has 1 aliphatic carbocycles. The Balaban J connectivity index is 1.58. The second-order valence-electron chi connectivity index (χ2n) is 8.30. The topological polar surface area (TPSA) is 137 Å². The molecule has 2 unspecified atom stereocenters. The molecule has 34 heavy (non-hydrogen) atoms. The molecule has 1 saturated carbocycles. The number of nitrogens with two attached hydrogens (primary N) is 2. The summed E-state index contributed by atoms with van der Waals surface area (Å²) >= 11 is 0. The summed E-state index contributed by atoms with van der Waals surface area (Å²) in [5, 5.41) is 7.05. The Morgan fingerprint density at radius 3 is 2.71 bits per heavy atom. The minimum atomic E-state index is -0.782. The van der Waals surface area contributed by atoms with Crippen molar-refractivity contribution in [2.24, 2.45) is 11.5 Å². The summed E-state index contributed by atoms with van der Waals surface area (Å²) in [6.45, 7) is 0.877. The van der Waals surface area contributed by atoms with Gasteiger partial charge in [0.2, 0.25) is 5.88 Å². The Bertz CT molecular complexity index is 1170. The molecule has 1 fully saturated rings. The predicted octanol–water partition coefficient (Wildman–Crippen LogP) is 3.32. The first-order valence-corrected chi connectivity index (χ1v) is 11.3. The summed E-state index contributed by atoms with van der Waals surface area (Å²) in [5.41, 5.74) is 13.0.